The number of halogens is 2. The molecule has 3 aromatic rings. The molecule has 1 aromatic carbocycles. The largest absolute Gasteiger partial charge is 0.487 e. The van der Waals surface area contributed by atoms with Crippen molar-refractivity contribution in [2.75, 3.05) is 23.9 Å². The fraction of sp³-hybridized carbons (Fsp3) is 0.292. The minimum absolute atomic E-state index is 0.0192. The van der Waals surface area contributed by atoms with Gasteiger partial charge in [-0.1, -0.05) is 11.6 Å². The minimum atomic E-state index is -0.461. The van der Waals surface area contributed by atoms with E-state index in [-0.39, 0.29) is 42.1 Å². The Labute approximate surface area is 210 Å². The second kappa shape index (κ2) is 10.6. The van der Waals surface area contributed by atoms with Crippen molar-refractivity contribution in [3.63, 3.8) is 0 Å². The maximum Gasteiger partial charge on any atom is 0.414 e. The van der Waals surface area contributed by atoms with Crippen LogP contribution >= 0.6 is 34.5 Å². The van der Waals surface area contributed by atoms with Crippen LogP contribution in [0.15, 0.2) is 53.5 Å². The quantitative estimate of drug-likeness (QED) is 0.276. The fourth-order valence-electron chi connectivity index (χ4n) is 3.76. The smallest absolute Gasteiger partial charge is 0.414 e. The number of nitrogens with zero attached hydrogens (tertiary/aromatic N) is 2. The second-order valence-corrected chi connectivity index (χ2v) is 9.83. The van der Waals surface area contributed by atoms with Gasteiger partial charge in [0.15, 0.2) is 11.5 Å². The minimum Gasteiger partial charge on any atom is -0.487 e. The number of ether oxygens (including phenoxy) is 2. The number of hydrogen-bond donors (Lipinski definition) is 0. The third-order valence-electron chi connectivity index (χ3n) is 5.41. The number of thiophene rings is 1. The predicted molar refractivity (Wildman–Crippen MR) is 133 cm³/mol. The summed E-state index contributed by atoms with van der Waals surface area (Å²) < 4.78 is 13.0. The molecule has 2 aromatic heterocycles. The summed E-state index contributed by atoms with van der Waals surface area (Å²) in [4.78, 5) is 39.7. The van der Waals surface area contributed by atoms with Gasteiger partial charge in [-0.2, -0.15) is 0 Å². The number of amides is 1. The van der Waals surface area contributed by atoms with E-state index in [4.69, 9.17) is 32.7 Å². The molecular formula is C24H22Cl2N2O5S. The van der Waals surface area contributed by atoms with Crippen molar-refractivity contribution >= 4 is 52.1 Å². The molecule has 34 heavy (non-hydrogen) atoms. The second-order valence-electron chi connectivity index (χ2n) is 7.74. The van der Waals surface area contributed by atoms with Crippen molar-refractivity contribution in [2.24, 2.45) is 0 Å². The lowest BCUT2D eigenvalue weighted by Gasteiger charge is -2.17. The van der Waals surface area contributed by atoms with E-state index < -0.39 is 6.09 Å². The Morgan fingerprint density at radius 3 is 2.76 bits per heavy atom. The number of aromatic nitrogens is 1. The number of carbonyl (C=O) groups is 2. The highest BCUT2D eigenvalue weighted by atomic mass is 35.5. The summed E-state index contributed by atoms with van der Waals surface area (Å²) in [5.41, 5.74) is 1.85. The van der Waals surface area contributed by atoms with Crippen LogP contribution in [0.2, 0.25) is 4.34 Å². The molecule has 0 aliphatic carbocycles. The zero-order valence-corrected chi connectivity index (χ0v) is 20.7. The number of ketones is 1. The first-order chi connectivity index (χ1) is 16.4. The summed E-state index contributed by atoms with van der Waals surface area (Å²) in [6.45, 7) is 2.45. The molecule has 4 rings (SSSR count). The molecular weight excluding hydrogens is 499 g/mol. The van der Waals surface area contributed by atoms with Crippen molar-refractivity contribution in [3.05, 3.63) is 73.8 Å². The number of pyridine rings is 1. The molecule has 0 N–H and O–H groups in total. The van der Waals surface area contributed by atoms with Crippen molar-refractivity contribution in [1.29, 1.82) is 0 Å². The Bertz CT molecular complexity index is 1270. The van der Waals surface area contributed by atoms with Crippen LogP contribution in [0.4, 0.5) is 10.5 Å². The van der Waals surface area contributed by atoms with E-state index in [1.54, 1.807) is 42.6 Å². The van der Waals surface area contributed by atoms with Gasteiger partial charge in [-0.25, -0.2) is 4.79 Å². The Morgan fingerprint density at radius 1 is 1.24 bits per heavy atom. The number of cyclic esters (lactones) is 1. The summed E-state index contributed by atoms with van der Waals surface area (Å²) in [5.74, 6) is 0.483. The molecule has 10 heteroatoms. The van der Waals surface area contributed by atoms with Crippen LogP contribution in [-0.4, -0.2) is 41.6 Å². The SMILES string of the molecule is Cc1cc(N2C[C@H](CCC(=O)c3ccc(Cl)s3)OC2=O)ccc1-n1cccc(OCCCl)c1=O. The highest BCUT2D eigenvalue weighted by molar-refractivity contribution is 7.18. The van der Waals surface area contributed by atoms with Crippen molar-refractivity contribution < 1.29 is 19.1 Å². The molecule has 1 aliphatic heterocycles. The molecule has 3 heterocycles. The average molecular weight is 521 g/mol. The van der Waals surface area contributed by atoms with E-state index in [9.17, 15) is 14.4 Å². The van der Waals surface area contributed by atoms with Crippen LogP contribution in [0.1, 0.15) is 28.1 Å². The van der Waals surface area contributed by atoms with Gasteiger partial charge in [0.1, 0.15) is 12.7 Å². The van der Waals surface area contributed by atoms with Gasteiger partial charge >= 0.3 is 6.09 Å². The van der Waals surface area contributed by atoms with E-state index in [0.717, 1.165) is 5.56 Å². The van der Waals surface area contributed by atoms with Crippen molar-refractivity contribution in [2.45, 2.75) is 25.9 Å². The monoisotopic (exact) mass is 520 g/mol. The maximum atomic E-state index is 12.8. The van der Waals surface area contributed by atoms with Crippen molar-refractivity contribution in [1.82, 2.24) is 4.57 Å². The number of alkyl halides is 1. The van der Waals surface area contributed by atoms with Crippen LogP contribution in [0.5, 0.6) is 5.75 Å². The van der Waals surface area contributed by atoms with E-state index in [1.807, 2.05) is 13.0 Å². The lowest BCUT2D eigenvalue weighted by molar-refractivity contribution is 0.0943. The number of Topliss-reactive ketones (excluding diaryl/α,β-unsaturated/α-hetero) is 1. The summed E-state index contributed by atoms with van der Waals surface area (Å²) in [6.07, 6.45) is 1.52. The number of carbonyl (C=O) groups excluding carboxylic acids is 2. The van der Waals surface area contributed by atoms with Crippen LogP contribution < -0.4 is 15.2 Å². The van der Waals surface area contributed by atoms with Gasteiger partial charge in [-0.15, -0.1) is 22.9 Å². The fourth-order valence-corrected chi connectivity index (χ4v) is 4.85. The molecule has 1 fully saturated rings. The molecule has 1 atom stereocenters. The first-order valence-corrected chi connectivity index (χ1v) is 12.4. The number of hydrogen-bond acceptors (Lipinski definition) is 6. The van der Waals surface area contributed by atoms with Crippen LogP contribution in [0, 0.1) is 6.92 Å². The number of anilines is 1. The van der Waals surface area contributed by atoms with Crippen LogP contribution in [-0.2, 0) is 4.74 Å². The number of aryl methyl sites for hydroxylation is 1. The molecule has 0 bridgehead atoms. The maximum absolute atomic E-state index is 12.8. The van der Waals surface area contributed by atoms with E-state index in [2.05, 4.69) is 0 Å². The zero-order chi connectivity index (χ0) is 24.2. The normalized spacial score (nSPS) is 15.4. The summed E-state index contributed by atoms with van der Waals surface area (Å²) >= 11 is 12.8. The molecule has 0 radical (unpaired) electrons. The Morgan fingerprint density at radius 2 is 2.06 bits per heavy atom. The zero-order valence-electron chi connectivity index (χ0n) is 18.3. The lowest BCUT2D eigenvalue weighted by Crippen LogP contribution is -2.25. The Balaban J connectivity index is 1.45. The molecule has 1 saturated heterocycles. The van der Waals surface area contributed by atoms with Gasteiger partial charge in [0, 0.05) is 18.3 Å². The van der Waals surface area contributed by atoms with Crippen LogP contribution in [0.25, 0.3) is 5.69 Å². The lowest BCUT2D eigenvalue weighted by atomic mass is 10.1. The predicted octanol–water partition coefficient (Wildman–Crippen LogP) is 5.47. The summed E-state index contributed by atoms with van der Waals surface area (Å²) in [6, 6.07) is 12.1. The van der Waals surface area contributed by atoms with Gasteiger partial charge in [0.05, 0.1) is 27.3 Å². The van der Waals surface area contributed by atoms with Gasteiger partial charge in [0.2, 0.25) is 0 Å². The third kappa shape index (κ3) is 5.29. The van der Waals surface area contributed by atoms with Gasteiger partial charge in [0.25, 0.3) is 5.56 Å². The molecule has 0 saturated carbocycles. The number of rotatable bonds is 9. The van der Waals surface area contributed by atoms with Gasteiger partial charge in [-0.05, 0) is 61.4 Å². The molecule has 0 unspecified atom stereocenters. The number of benzene rings is 1. The van der Waals surface area contributed by atoms with Gasteiger partial charge < -0.3 is 9.47 Å². The standard InChI is InChI=1S/C24H22Cl2N2O5S/c1-15-13-16(4-6-18(15)27-11-2-3-20(23(27)30)32-12-10-25)28-14-17(33-24(28)31)5-7-19(29)21-8-9-22(26)34-21/h2-4,6,8-9,11,13,17H,5,7,10,12,14H2,1H3/t17-/m0/s1. The molecule has 178 valence electrons. The van der Waals surface area contributed by atoms with E-state index >= 15 is 0 Å². The van der Waals surface area contributed by atoms with Crippen LogP contribution in [0.3, 0.4) is 0 Å². The van der Waals surface area contributed by atoms with Gasteiger partial charge in [-0.3, -0.25) is 19.1 Å². The first kappa shape index (κ1) is 24.3. The molecule has 7 nitrogen and oxygen atoms in total. The molecule has 0 spiro atoms. The van der Waals surface area contributed by atoms with E-state index in [1.165, 1.54) is 20.8 Å². The third-order valence-corrected chi connectivity index (χ3v) is 6.84. The summed E-state index contributed by atoms with van der Waals surface area (Å²) in [5, 5.41) is 0. The molecule has 1 amide bonds. The highest BCUT2D eigenvalue weighted by Gasteiger charge is 2.33. The summed E-state index contributed by atoms with van der Waals surface area (Å²) in [7, 11) is 0. The van der Waals surface area contributed by atoms with Crippen molar-refractivity contribution in [3.8, 4) is 11.4 Å². The Kier molecular flexibility index (Phi) is 7.60. The first-order valence-electron chi connectivity index (χ1n) is 10.7. The molecule has 1 aliphatic rings. The Hall–Kier alpha value is -2.81. The van der Waals surface area contributed by atoms with E-state index in [0.29, 0.717) is 33.6 Å². The topological polar surface area (TPSA) is 77.8 Å². The average Bonchev–Trinajstić information content (AvgIpc) is 3.42. The highest BCUT2D eigenvalue weighted by Crippen LogP contribution is 2.28.